The van der Waals surface area contributed by atoms with Crippen LogP contribution in [0.5, 0.6) is 5.75 Å². The van der Waals surface area contributed by atoms with E-state index in [9.17, 15) is 4.79 Å². The van der Waals surface area contributed by atoms with E-state index < -0.39 is 0 Å². The second-order valence-electron chi connectivity index (χ2n) is 4.34. The number of carbonyl (C=O) groups excluding carboxylic acids is 1. The summed E-state index contributed by atoms with van der Waals surface area (Å²) in [6.45, 7) is 0. The van der Waals surface area contributed by atoms with E-state index in [4.69, 9.17) is 39.5 Å². The quantitative estimate of drug-likeness (QED) is 0.596. The van der Waals surface area contributed by atoms with Gasteiger partial charge in [0, 0.05) is 6.08 Å². The number of hydrogen-bond donors (Lipinski definition) is 1. The monoisotopic (exact) mass is 355 g/mol. The summed E-state index contributed by atoms with van der Waals surface area (Å²) in [6, 6.07) is 10.3. The van der Waals surface area contributed by atoms with Gasteiger partial charge in [-0.3, -0.25) is 4.79 Å². The molecule has 0 saturated carbocycles. The highest BCUT2D eigenvalue weighted by atomic mass is 35.5. The molecule has 0 heterocycles. The standard InChI is InChI=1S/C16H12Cl3NO2/c1-22-11-5-2-10(3-6-11)4-7-16(21)20-15-9-13(18)12(17)8-14(15)19/h2-9H,1H3,(H,20,21). The van der Waals surface area contributed by atoms with Gasteiger partial charge in [0.2, 0.25) is 5.91 Å². The molecule has 0 saturated heterocycles. The normalized spacial score (nSPS) is 10.7. The number of amides is 1. The first-order chi connectivity index (χ1) is 10.5. The van der Waals surface area contributed by atoms with Crippen LogP contribution in [0.15, 0.2) is 42.5 Å². The number of nitrogens with one attached hydrogen (secondary N) is 1. The zero-order chi connectivity index (χ0) is 16.1. The van der Waals surface area contributed by atoms with Crippen molar-refractivity contribution in [3.63, 3.8) is 0 Å². The average Bonchev–Trinajstić information content (AvgIpc) is 2.51. The predicted octanol–water partition coefficient (Wildman–Crippen LogP) is 5.31. The molecule has 0 aliphatic rings. The van der Waals surface area contributed by atoms with E-state index in [0.29, 0.717) is 20.8 Å². The number of benzene rings is 2. The Morgan fingerprint density at radius 1 is 1.05 bits per heavy atom. The van der Waals surface area contributed by atoms with E-state index in [2.05, 4.69) is 5.32 Å². The lowest BCUT2D eigenvalue weighted by atomic mass is 10.2. The van der Waals surface area contributed by atoms with Crippen molar-refractivity contribution in [2.45, 2.75) is 0 Å². The van der Waals surface area contributed by atoms with E-state index in [0.717, 1.165) is 11.3 Å². The molecule has 0 spiro atoms. The van der Waals surface area contributed by atoms with Crippen molar-refractivity contribution >= 4 is 52.5 Å². The molecule has 22 heavy (non-hydrogen) atoms. The molecular formula is C16H12Cl3NO2. The molecule has 6 heteroatoms. The fourth-order valence-corrected chi connectivity index (χ4v) is 2.27. The van der Waals surface area contributed by atoms with Crippen LogP contribution in [0.1, 0.15) is 5.56 Å². The van der Waals surface area contributed by atoms with Gasteiger partial charge in [0.15, 0.2) is 0 Å². The van der Waals surface area contributed by atoms with Crippen molar-refractivity contribution in [3.8, 4) is 5.75 Å². The van der Waals surface area contributed by atoms with Gasteiger partial charge in [-0.2, -0.15) is 0 Å². The van der Waals surface area contributed by atoms with E-state index in [1.807, 2.05) is 24.3 Å². The molecule has 0 atom stereocenters. The van der Waals surface area contributed by atoms with Crippen LogP contribution in [0.4, 0.5) is 5.69 Å². The molecular weight excluding hydrogens is 345 g/mol. The Labute approximate surface area is 143 Å². The predicted molar refractivity (Wildman–Crippen MR) is 92.1 cm³/mol. The lowest BCUT2D eigenvalue weighted by molar-refractivity contribution is -0.111. The summed E-state index contributed by atoms with van der Waals surface area (Å²) in [6.07, 6.45) is 3.08. The van der Waals surface area contributed by atoms with E-state index >= 15 is 0 Å². The number of carbonyl (C=O) groups is 1. The molecule has 0 aromatic heterocycles. The van der Waals surface area contributed by atoms with Crippen molar-refractivity contribution in [3.05, 3.63) is 63.1 Å². The number of rotatable bonds is 4. The minimum Gasteiger partial charge on any atom is -0.497 e. The highest BCUT2D eigenvalue weighted by Gasteiger charge is 2.07. The molecule has 2 aromatic carbocycles. The van der Waals surface area contributed by atoms with Crippen LogP contribution in [-0.2, 0) is 4.79 Å². The Hall–Kier alpha value is -1.68. The third-order valence-corrected chi connectivity index (χ3v) is 3.85. The molecule has 2 aromatic rings. The topological polar surface area (TPSA) is 38.3 Å². The van der Waals surface area contributed by atoms with Crippen molar-refractivity contribution in [1.82, 2.24) is 0 Å². The average molecular weight is 357 g/mol. The van der Waals surface area contributed by atoms with Crippen LogP contribution >= 0.6 is 34.8 Å². The van der Waals surface area contributed by atoms with Crippen LogP contribution in [0.3, 0.4) is 0 Å². The summed E-state index contributed by atoms with van der Waals surface area (Å²) in [5, 5.41) is 3.62. The second-order valence-corrected chi connectivity index (χ2v) is 5.56. The molecule has 1 amide bonds. The second kappa shape index (κ2) is 7.54. The number of methoxy groups -OCH3 is 1. The van der Waals surface area contributed by atoms with Crippen LogP contribution < -0.4 is 10.1 Å². The SMILES string of the molecule is COc1ccc(C=CC(=O)Nc2cc(Cl)c(Cl)cc2Cl)cc1. The van der Waals surface area contributed by atoms with E-state index in [-0.39, 0.29) is 5.91 Å². The van der Waals surface area contributed by atoms with Gasteiger partial charge >= 0.3 is 0 Å². The van der Waals surface area contributed by atoms with Crippen molar-refractivity contribution in [2.75, 3.05) is 12.4 Å². The number of hydrogen-bond acceptors (Lipinski definition) is 2. The first-order valence-corrected chi connectivity index (χ1v) is 7.40. The van der Waals surface area contributed by atoms with E-state index in [1.165, 1.54) is 18.2 Å². The van der Waals surface area contributed by atoms with Gasteiger partial charge in [0.05, 0.1) is 27.9 Å². The van der Waals surface area contributed by atoms with Gasteiger partial charge in [0.1, 0.15) is 5.75 Å². The molecule has 0 unspecified atom stereocenters. The smallest absolute Gasteiger partial charge is 0.248 e. The molecule has 0 fully saturated rings. The Morgan fingerprint density at radius 3 is 2.32 bits per heavy atom. The summed E-state index contributed by atoms with van der Waals surface area (Å²) >= 11 is 17.7. The summed E-state index contributed by atoms with van der Waals surface area (Å²) in [5.74, 6) is 0.431. The van der Waals surface area contributed by atoms with Gasteiger partial charge in [0.25, 0.3) is 0 Å². The maximum Gasteiger partial charge on any atom is 0.248 e. The van der Waals surface area contributed by atoms with E-state index in [1.54, 1.807) is 13.2 Å². The van der Waals surface area contributed by atoms with Crippen molar-refractivity contribution < 1.29 is 9.53 Å². The summed E-state index contributed by atoms with van der Waals surface area (Å²) in [5.41, 5.74) is 1.27. The molecule has 0 aliphatic carbocycles. The van der Waals surface area contributed by atoms with Gasteiger partial charge in [-0.25, -0.2) is 0 Å². The molecule has 3 nitrogen and oxygen atoms in total. The largest absolute Gasteiger partial charge is 0.497 e. The van der Waals surface area contributed by atoms with Gasteiger partial charge in [-0.05, 0) is 35.9 Å². The summed E-state index contributed by atoms with van der Waals surface area (Å²) in [7, 11) is 1.60. The highest BCUT2D eigenvalue weighted by Crippen LogP contribution is 2.32. The van der Waals surface area contributed by atoms with Gasteiger partial charge < -0.3 is 10.1 Å². The Kier molecular flexibility index (Phi) is 5.72. The first kappa shape index (κ1) is 16.7. The maximum atomic E-state index is 11.9. The Morgan fingerprint density at radius 2 is 1.68 bits per heavy atom. The highest BCUT2D eigenvalue weighted by molar-refractivity contribution is 6.44. The zero-order valence-corrected chi connectivity index (χ0v) is 13.8. The molecule has 114 valence electrons. The fraction of sp³-hybridized carbons (Fsp3) is 0.0625. The van der Waals surface area contributed by atoms with Crippen molar-refractivity contribution in [2.24, 2.45) is 0 Å². The lowest BCUT2D eigenvalue weighted by Crippen LogP contribution is -2.08. The molecule has 1 N–H and O–H groups in total. The van der Waals surface area contributed by atoms with Crippen LogP contribution in [0, 0.1) is 0 Å². The minimum absolute atomic E-state index is 0.320. The van der Waals surface area contributed by atoms with Crippen LogP contribution in [0.25, 0.3) is 6.08 Å². The summed E-state index contributed by atoms with van der Waals surface area (Å²) < 4.78 is 5.07. The first-order valence-electron chi connectivity index (χ1n) is 6.27. The van der Waals surface area contributed by atoms with Gasteiger partial charge in [-0.1, -0.05) is 46.9 Å². The third kappa shape index (κ3) is 4.41. The lowest BCUT2D eigenvalue weighted by Gasteiger charge is -2.06. The Balaban J connectivity index is 2.06. The zero-order valence-electron chi connectivity index (χ0n) is 11.6. The van der Waals surface area contributed by atoms with Gasteiger partial charge in [-0.15, -0.1) is 0 Å². The molecule has 0 aliphatic heterocycles. The number of halogens is 3. The summed E-state index contributed by atoms with van der Waals surface area (Å²) in [4.78, 5) is 11.9. The molecule has 0 bridgehead atoms. The number of ether oxygens (including phenoxy) is 1. The van der Waals surface area contributed by atoms with Crippen LogP contribution in [0.2, 0.25) is 15.1 Å². The fourth-order valence-electron chi connectivity index (χ4n) is 1.68. The molecule has 0 radical (unpaired) electrons. The van der Waals surface area contributed by atoms with Crippen molar-refractivity contribution in [1.29, 1.82) is 0 Å². The maximum absolute atomic E-state index is 11.9. The number of anilines is 1. The third-order valence-electron chi connectivity index (χ3n) is 2.81. The van der Waals surface area contributed by atoms with Crippen LogP contribution in [-0.4, -0.2) is 13.0 Å². The Bertz CT molecular complexity index is 712. The molecule has 2 rings (SSSR count). The minimum atomic E-state index is -0.323.